The average molecular weight is 284 g/mol. The Morgan fingerprint density at radius 1 is 0.882 bits per heavy atom. The lowest BCUT2D eigenvalue weighted by molar-refractivity contribution is 0.225. The van der Waals surface area contributed by atoms with Crippen LogP contribution in [0.2, 0.25) is 0 Å². The molecule has 98 valence electrons. The SMILES string of the molecule is Cc1ccccc1C.O=P(O)(O)OP(=O)(O)O. The van der Waals surface area contributed by atoms with Gasteiger partial charge in [0.15, 0.2) is 0 Å². The number of hydrogen-bond donors (Lipinski definition) is 4. The third-order valence-electron chi connectivity index (χ3n) is 1.64. The van der Waals surface area contributed by atoms with Crippen molar-refractivity contribution in [1.82, 2.24) is 0 Å². The van der Waals surface area contributed by atoms with Gasteiger partial charge in [-0.2, -0.15) is 4.31 Å². The molecular weight excluding hydrogens is 270 g/mol. The lowest BCUT2D eigenvalue weighted by atomic mass is 10.1. The Morgan fingerprint density at radius 3 is 1.29 bits per heavy atom. The fourth-order valence-electron chi connectivity index (χ4n) is 0.801. The van der Waals surface area contributed by atoms with Crippen LogP contribution in [0.4, 0.5) is 0 Å². The van der Waals surface area contributed by atoms with Gasteiger partial charge in [0.25, 0.3) is 0 Å². The van der Waals surface area contributed by atoms with Crippen molar-refractivity contribution in [3.63, 3.8) is 0 Å². The van der Waals surface area contributed by atoms with Gasteiger partial charge in [-0.25, -0.2) is 9.13 Å². The van der Waals surface area contributed by atoms with Crippen molar-refractivity contribution in [2.24, 2.45) is 0 Å². The molecule has 9 heteroatoms. The summed E-state index contributed by atoms with van der Waals surface area (Å²) in [6, 6.07) is 8.36. The van der Waals surface area contributed by atoms with Crippen LogP contribution in [-0.4, -0.2) is 19.6 Å². The van der Waals surface area contributed by atoms with Gasteiger partial charge in [0.05, 0.1) is 0 Å². The normalized spacial score (nSPS) is 11.6. The lowest BCUT2D eigenvalue weighted by Gasteiger charge is -2.03. The molecule has 0 aliphatic rings. The smallest absolute Gasteiger partial charge is 0.302 e. The predicted octanol–water partition coefficient (Wildman–Crippen LogP) is 1.49. The van der Waals surface area contributed by atoms with E-state index in [1.54, 1.807) is 0 Å². The maximum Gasteiger partial charge on any atom is 0.478 e. The zero-order chi connectivity index (χ0) is 13.7. The second kappa shape index (κ2) is 6.42. The van der Waals surface area contributed by atoms with E-state index in [9.17, 15) is 9.13 Å². The van der Waals surface area contributed by atoms with E-state index in [1.807, 2.05) is 0 Å². The minimum atomic E-state index is -5.05. The summed E-state index contributed by atoms with van der Waals surface area (Å²) in [5, 5.41) is 0. The second-order valence-electron chi connectivity index (χ2n) is 3.15. The highest BCUT2D eigenvalue weighted by atomic mass is 31.3. The first kappa shape index (κ1) is 16.5. The summed E-state index contributed by atoms with van der Waals surface area (Å²) in [6.45, 7) is 4.24. The van der Waals surface area contributed by atoms with Crippen LogP contribution in [0.1, 0.15) is 11.1 Å². The molecule has 0 fully saturated rings. The van der Waals surface area contributed by atoms with E-state index in [1.165, 1.54) is 11.1 Å². The van der Waals surface area contributed by atoms with Gasteiger partial charge in [0.2, 0.25) is 0 Å². The summed E-state index contributed by atoms with van der Waals surface area (Å²) in [5.74, 6) is 0. The van der Waals surface area contributed by atoms with E-state index in [0.29, 0.717) is 0 Å². The third kappa shape index (κ3) is 10.4. The molecule has 1 aromatic rings. The van der Waals surface area contributed by atoms with Crippen LogP contribution in [0.25, 0.3) is 0 Å². The fourth-order valence-corrected chi connectivity index (χ4v) is 1.91. The van der Waals surface area contributed by atoms with Gasteiger partial charge in [-0.1, -0.05) is 24.3 Å². The first-order valence-electron chi connectivity index (χ1n) is 4.36. The van der Waals surface area contributed by atoms with Gasteiger partial charge in [0.1, 0.15) is 0 Å². The minimum absolute atomic E-state index is 1.37. The van der Waals surface area contributed by atoms with Gasteiger partial charge in [0, 0.05) is 0 Å². The number of hydrogen-bond acceptors (Lipinski definition) is 3. The van der Waals surface area contributed by atoms with Gasteiger partial charge >= 0.3 is 15.6 Å². The first-order chi connectivity index (χ1) is 7.51. The quantitative estimate of drug-likeness (QED) is 0.606. The Labute approximate surface area is 98.6 Å². The largest absolute Gasteiger partial charge is 0.478 e. The molecule has 7 nitrogen and oxygen atoms in total. The van der Waals surface area contributed by atoms with Gasteiger partial charge in [-0.15, -0.1) is 0 Å². The van der Waals surface area contributed by atoms with E-state index in [-0.39, 0.29) is 0 Å². The summed E-state index contributed by atoms with van der Waals surface area (Å²) in [7, 11) is -10.1. The monoisotopic (exact) mass is 284 g/mol. The molecule has 1 aromatic carbocycles. The topological polar surface area (TPSA) is 124 Å². The Balaban J connectivity index is 0.000000302. The lowest BCUT2D eigenvalue weighted by Crippen LogP contribution is -1.84. The van der Waals surface area contributed by atoms with E-state index in [4.69, 9.17) is 19.6 Å². The number of rotatable bonds is 2. The summed E-state index contributed by atoms with van der Waals surface area (Å²) in [4.78, 5) is 31.0. The van der Waals surface area contributed by atoms with Crippen molar-refractivity contribution in [3.05, 3.63) is 35.4 Å². The van der Waals surface area contributed by atoms with Crippen LogP contribution in [0.15, 0.2) is 24.3 Å². The van der Waals surface area contributed by atoms with Crippen LogP contribution < -0.4 is 0 Å². The van der Waals surface area contributed by atoms with Gasteiger partial charge < -0.3 is 19.6 Å². The average Bonchev–Trinajstić information content (AvgIpc) is 2.04. The zero-order valence-corrected chi connectivity index (χ0v) is 11.0. The molecule has 0 aromatic heterocycles. The van der Waals surface area contributed by atoms with Crippen molar-refractivity contribution in [1.29, 1.82) is 0 Å². The molecule has 0 radical (unpaired) electrons. The highest BCUT2D eigenvalue weighted by Crippen LogP contribution is 2.53. The molecule has 0 atom stereocenters. The fraction of sp³-hybridized carbons (Fsp3) is 0.250. The molecular formula is C8H14O7P2. The van der Waals surface area contributed by atoms with Crippen molar-refractivity contribution >= 4 is 15.6 Å². The molecule has 0 saturated heterocycles. The number of aryl methyl sites for hydroxylation is 2. The van der Waals surface area contributed by atoms with Crippen molar-refractivity contribution < 1.29 is 33.0 Å². The number of phosphoric acid groups is 2. The van der Waals surface area contributed by atoms with Crippen molar-refractivity contribution in [3.8, 4) is 0 Å². The van der Waals surface area contributed by atoms with Gasteiger partial charge in [-0.05, 0) is 25.0 Å². The summed E-state index contributed by atoms with van der Waals surface area (Å²) in [6.07, 6.45) is 0. The zero-order valence-electron chi connectivity index (χ0n) is 9.22. The molecule has 0 unspecified atom stereocenters. The Bertz CT molecular complexity index is 406. The van der Waals surface area contributed by atoms with Crippen LogP contribution in [0, 0.1) is 13.8 Å². The summed E-state index contributed by atoms with van der Waals surface area (Å²) in [5.41, 5.74) is 2.74. The first-order valence-corrected chi connectivity index (χ1v) is 7.42. The molecule has 0 bridgehead atoms. The standard InChI is InChI=1S/C8H10.H4O7P2/c1-7-5-3-4-6-8(7)2;1-8(2,3)7-9(4,5)6/h3-6H,1-2H3;(H2,1,2,3)(H2,4,5,6). The molecule has 0 aliphatic carbocycles. The molecule has 4 N–H and O–H groups in total. The van der Waals surface area contributed by atoms with Gasteiger partial charge in [-0.3, -0.25) is 0 Å². The highest BCUT2D eigenvalue weighted by molar-refractivity contribution is 7.60. The third-order valence-corrected chi connectivity index (χ3v) is 3.34. The Hall–Kier alpha value is -0.520. The Morgan fingerprint density at radius 2 is 1.18 bits per heavy atom. The second-order valence-corrected chi connectivity index (χ2v) is 5.76. The summed E-state index contributed by atoms with van der Waals surface area (Å²) < 4.78 is 22.2. The maximum absolute atomic E-state index is 9.63. The van der Waals surface area contributed by atoms with Crippen LogP contribution >= 0.6 is 15.6 Å². The molecule has 1 rings (SSSR count). The van der Waals surface area contributed by atoms with E-state index >= 15 is 0 Å². The Kier molecular flexibility index (Phi) is 6.23. The predicted molar refractivity (Wildman–Crippen MR) is 61.1 cm³/mol. The van der Waals surface area contributed by atoms with Crippen molar-refractivity contribution in [2.75, 3.05) is 0 Å². The molecule has 0 heterocycles. The van der Waals surface area contributed by atoms with E-state index < -0.39 is 15.6 Å². The molecule has 0 amide bonds. The van der Waals surface area contributed by atoms with E-state index in [0.717, 1.165) is 0 Å². The highest BCUT2D eigenvalue weighted by Gasteiger charge is 2.27. The van der Waals surface area contributed by atoms with Crippen LogP contribution in [0.5, 0.6) is 0 Å². The summed E-state index contributed by atoms with van der Waals surface area (Å²) >= 11 is 0. The van der Waals surface area contributed by atoms with Crippen LogP contribution in [0.3, 0.4) is 0 Å². The molecule has 0 aliphatic heterocycles. The molecule has 0 saturated carbocycles. The van der Waals surface area contributed by atoms with Crippen LogP contribution in [-0.2, 0) is 13.4 Å². The van der Waals surface area contributed by atoms with E-state index in [2.05, 4.69) is 42.4 Å². The maximum atomic E-state index is 9.63. The minimum Gasteiger partial charge on any atom is -0.302 e. The molecule has 0 spiro atoms. The number of benzene rings is 1. The molecule has 17 heavy (non-hydrogen) atoms. The van der Waals surface area contributed by atoms with Crippen molar-refractivity contribution in [2.45, 2.75) is 13.8 Å².